The second kappa shape index (κ2) is 8.48. The normalized spacial score (nSPS) is 13.6. The van der Waals surface area contributed by atoms with Crippen LogP contribution in [-0.4, -0.2) is 32.3 Å². The summed E-state index contributed by atoms with van der Waals surface area (Å²) in [4.78, 5) is 23.1. The molecule has 1 amide bonds. The summed E-state index contributed by atoms with van der Waals surface area (Å²) in [5.74, 6) is 1.22. The summed E-state index contributed by atoms with van der Waals surface area (Å²) in [7, 11) is 0. The first-order valence-electron chi connectivity index (χ1n) is 10.8. The highest BCUT2D eigenvalue weighted by Gasteiger charge is 2.23. The number of benzene rings is 3. The maximum atomic E-state index is 13.2. The summed E-state index contributed by atoms with van der Waals surface area (Å²) in [6.07, 6.45) is 0.634. The van der Waals surface area contributed by atoms with Crippen LogP contribution in [0.4, 0.5) is 5.69 Å². The van der Waals surface area contributed by atoms with Gasteiger partial charge >= 0.3 is 0 Å². The average Bonchev–Trinajstić information content (AvgIpc) is 3.47. The Labute approximate surface area is 207 Å². The molecule has 3 heterocycles. The monoisotopic (exact) mass is 534 g/mol. The molecule has 0 saturated carbocycles. The molecular formula is C25H19BrN4O3S. The van der Waals surface area contributed by atoms with Crippen LogP contribution < -0.4 is 14.8 Å². The van der Waals surface area contributed by atoms with E-state index in [0.29, 0.717) is 23.6 Å². The number of anilines is 1. The number of ether oxygens (including phenoxy) is 2. The highest BCUT2D eigenvalue weighted by Crippen LogP contribution is 2.36. The van der Waals surface area contributed by atoms with Gasteiger partial charge in [0.1, 0.15) is 5.65 Å². The molecule has 0 radical (unpaired) electrons. The highest BCUT2D eigenvalue weighted by molar-refractivity contribution is 9.10. The van der Waals surface area contributed by atoms with Gasteiger partial charge in [-0.2, -0.15) is 0 Å². The third-order valence-corrected chi connectivity index (χ3v) is 7.53. The quantitative estimate of drug-likeness (QED) is 0.219. The standard InChI is InChI=1S/C25H19BrN4O3S/c1-2-22(24(31)27-15-8-10-20-21(12-15)33-13-32-20)34-25-29-17-9-7-14(26)11-16(17)23-28-18-5-3-4-6-19(18)30(23)25/h3-12,22H,2,13H2,1H3,(H,27,31). The molecule has 34 heavy (non-hydrogen) atoms. The molecule has 1 atom stereocenters. The molecule has 3 aromatic carbocycles. The Kier molecular flexibility index (Phi) is 5.30. The number of fused-ring (bicyclic) bond motifs is 6. The Balaban J connectivity index is 1.40. The Morgan fingerprint density at radius 3 is 2.82 bits per heavy atom. The maximum Gasteiger partial charge on any atom is 0.237 e. The van der Waals surface area contributed by atoms with E-state index in [1.54, 1.807) is 12.1 Å². The predicted molar refractivity (Wildman–Crippen MR) is 137 cm³/mol. The number of halogens is 1. The van der Waals surface area contributed by atoms with Crippen molar-refractivity contribution in [1.82, 2.24) is 14.4 Å². The first kappa shape index (κ1) is 21.2. The molecule has 0 saturated heterocycles. The van der Waals surface area contributed by atoms with Crippen LogP contribution in [0.15, 0.2) is 70.3 Å². The van der Waals surface area contributed by atoms with E-state index in [0.717, 1.165) is 37.2 Å². The van der Waals surface area contributed by atoms with Crippen molar-refractivity contribution in [3.8, 4) is 11.5 Å². The fourth-order valence-corrected chi connectivity index (χ4v) is 5.45. The molecule has 1 unspecified atom stereocenters. The summed E-state index contributed by atoms with van der Waals surface area (Å²) < 4.78 is 13.8. The van der Waals surface area contributed by atoms with Crippen molar-refractivity contribution in [1.29, 1.82) is 0 Å². The predicted octanol–water partition coefficient (Wildman–Crippen LogP) is 6.04. The zero-order chi connectivity index (χ0) is 23.2. The second-order valence-electron chi connectivity index (χ2n) is 7.89. The van der Waals surface area contributed by atoms with Crippen molar-refractivity contribution >= 4 is 66.9 Å². The lowest BCUT2D eigenvalue weighted by molar-refractivity contribution is -0.115. The minimum absolute atomic E-state index is 0.0957. The number of hydrogen-bond donors (Lipinski definition) is 1. The summed E-state index contributed by atoms with van der Waals surface area (Å²) in [5, 5.41) is 4.34. The van der Waals surface area contributed by atoms with Crippen molar-refractivity contribution in [2.75, 3.05) is 12.1 Å². The van der Waals surface area contributed by atoms with E-state index in [-0.39, 0.29) is 18.0 Å². The molecule has 0 fully saturated rings. The molecule has 170 valence electrons. The van der Waals surface area contributed by atoms with Crippen molar-refractivity contribution in [3.63, 3.8) is 0 Å². The molecule has 1 N–H and O–H groups in total. The number of amides is 1. The van der Waals surface area contributed by atoms with Crippen LogP contribution in [-0.2, 0) is 4.79 Å². The molecule has 0 bridgehead atoms. The van der Waals surface area contributed by atoms with Gasteiger partial charge in [0, 0.05) is 21.6 Å². The van der Waals surface area contributed by atoms with Gasteiger partial charge in [-0.25, -0.2) is 9.97 Å². The van der Waals surface area contributed by atoms with Gasteiger partial charge in [-0.15, -0.1) is 0 Å². The number of hydrogen-bond acceptors (Lipinski definition) is 6. The van der Waals surface area contributed by atoms with Gasteiger partial charge in [0.15, 0.2) is 16.7 Å². The van der Waals surface area contributed by atoms with Crippen molar-refractivity contribution < 1.29 is 14.3 Å². The van der Waals surface area contributed by atoms with E-state index in [1.165, 1.54) is 11.8 Å². The largest absolute Gasteiger partial charge is 0.454 e. The van der Waals surface area contributed by atoms with Gasteiger partial charge < -0.3 is 14.8 Å². The number of nitrogens with one attached hydrogen (secondary N) is 1. The highest BCUT2D eigenvalue weighted by atomic mass is 79.9. The minimum Gasteiger partial charge on any atom is -0.454 e. The number of para-hydroxylation sites is 2. The lowest BCUT2D eigenvalue weighted by Crippen LogP contribution is -2.25. The minimum atomic E-state index is -0.352. The van der Waals surface area contributed by atoms with Crippen LogP contribution in [0.5, 0.6) is 11.5 Å². The smallest absolute Gasteiger partial charge is 0.237 e. The average molecular weight is 535 g/mol. The zero-order valence-corrected chi connectivity index (χ0v) is 20.5. The molecule has 1 aliphatic heterocycles. The summed E-state index contributed by atoms with van der Waals surface area (Å²) in [6.45, 7) is 2.19. The summed E-state index contributed by atoms with van der Waals surface area (Å²) >= 11 is 5.00. The molecule has 7 nitrogen and oxygen atoms in total. The first-order chi connectivity index (χ1) is 16.6. The van der Waals surface area contributed by atoms with Crippen LogP contribution >= 0.6 is 27.7 Å². The topological polar surface area (TPSA) is 77.8 Å². The first-order valence-corrected chi connectivity index (χ1v) is 12.5. The van der Waals surface area contributed by atoms with E-state index in [2.05, 4.69) is 21.2 Å². The van der Waals surface area contributed by atoms with Gasteiger partial charge in [-0.05, 0) is 48.9 Å². The van der Waals surface area contributed by atoms with Gasteiger partial charge in [-0.3, -0.25) is 9.20 Å². The lowest BCUT2D eigenvalue weighted by atomic mass is 10.2. The molecule has 0 spiro atoms. The fourth-order valence-electron chi connectivity index (χ4n) is 4.06. The van der Waals surface area contributed by atoms with Crippen molar-refractivity contribution in [2.45, 2.75) is 23.8 Å². The Hall–Kier alpha value is -3.30. The van der Waals surface area contributed by atoms with Gasteiger partial charge in [-0.1, -0.05) is 46.7 Å². The Morgan fingerprint density at radius 1 is 1.09 bits per heavy atom. The zero-order valence-electron chi connectivity index (χ0n) is 18.1. The van der Waals surface area contributed by atoms with E-state index in [4.69, 9.17) is 19.4 Å². The van der Waals surface area contributed by atoms with E-state index >= 15 is 0 Å². The third-order valence-electron chi connectivity index (χ3n) is 5.72. The molecule has 5 aromatic rings. The number of carbonyl (C=O) groups excluding carboxylic acids is 1. The third kappa shape index (κ3) is 3.65. The summed E-state index contributed by atoms with van der Waals surface area (Å²) in [6, 6.07) is 19.3. The van der Waals surface area contributed by atoms with Gasteiger partial charge in [0.2, 0.25) is 12.7 Å². The number of aromatic nitrogens is 3. The van der Waals surface area contributed by atoms with Gasteiger partial charge in [0.05, 0.1) is 21.8 Å². The van der Waals surface area contributed by atoms with Gasteiger partial charge in [0.25, 0.3) is 0 Å². The number of thioether (sulfide) groups is 1. The fraction of sp³-hybridized carbons (Fsp3) is 0.160. The lowest BCUT2D eigenvalue weighted by Gasteiger charge is -2.16. The van der Waals surface area contributed by atoms with Crippen LogP contribution in [0.2, 0.25) is 0 Å². The van der Waals surface area contributed by atoms with Crippen molar-refractivity contribution in [2.24, 2.45) is 0 Å². The number of imidazole rings is 1. The molecule has 1 aliphatic rings. The Bertz CT molecular complexity index is 1590. The van der Waals surface area contributed by atoms with Crippen LogP contribution in [0.3, 0.4) is 0 Å². The second-order valence-corrected chi connectivity index (χ2v) is 9.97. The molecule has 6 rings (SSSR count). The molecule has 2 aromatic heterocycles. The number of carbonyl (C=O) groups is 1. The summed E-state index contributed by atoms with van der Waals surface area (Å²) in [5.41, 5.74) is 4.17. The Morgan fingerprint density at radius 2 is 1.94 bits per heavy atom. The van der Waals surface area contributed by atoms with Crippen LogP contribution in [0.25, 0.3) is 27.6 Å². The molecule has 9 heteroatoms. The van der Waals surface area contributed by atoms with E-state index < -0.39 is 0 Å². The number of rotatable bonds is 5. The maximum absolute atomic E-state index is 13.2. The SMILES string of the molecule is CCC(Sc1nc2ccc(Br)cc2c2nc3ccccc3n12)C(=O)Nc1ccc2c(c1)OCO2. The van der Waals surface area contributed by atoms with E-state index in [9.17, 15) is 4.79 Å². The molecular weight excluding hydrogens is 516 g/mol. The van der Waals surface area contributed by atoms with Crippen LogP contribution in [0, 0.1) is 0 Å². The number of nitrogens with zero attached hydrogens (tertiary/aromatic N) is 3. The van der Waals surface area contributed by atoms with E-state index in [1.807, 2.05) is 59.9 Å². The molecule has 0 aliphatic carbocycles. The van der Waals surface area contributed by atoms with Crippen LogP contribution in [0.1, 0.15) is 13.3 Å². The van der Waals surface area contributed by atoms with Crippen molar-refractivity contribution in [3.05, 3.63) is 65.1 Å².